The van der Waals surface area contributed by atoms with E-state index in [2.05, 4.69) is 21.4 Å². The molecule has 1 unspecified atom stereocenters. The van der Waals surface area contributed by atoms with Crippen molar-refractivity contribution >= 4 is 9.24 Å². The van der Waals surface area contributed by atoms with Gasteiger partial charge in [0.1, 0.15) is 0 Å². The molecule has 1 rings (SSSR count). The summed E-state index contributed by atoms with van der Waals surface area (Å²) in [6.07, 6.45) is 1.01. The Balaban J connectivity index is 2.83. The third-order valence-electron chi connectivity index (χ3n) is 0.957. The van der Waals surface area contributed by atoms with Gasteiger partial charge in [0.05, 0.1) is 0 Å². The van der Waals surface area contributed by atoms with Crippen molar-refractivity contribution in [1.82, 2.24) is 0 Å². The van der Waals surface area contributed by atoms with Crippen LogP contribution in [0.2, 0.25) is 0 Å². The average molecular weight is 122 g/mol. The highest BCUT2D eigenvalue weighted by Gasteiger charge is 1.80. The maximum atomic E-state index is 2.87. The van der Waals surface area contributed by atoms with Crippen molar-refractivity contribution in [1.29, 1.82) is 0 Å². The summed E-state index contributed by atoms with van der Waals surface area (Å²) < 4.78 is 0. The fraction of sp³-hybridized carbons (Fsp3) is 0.143. The molecule has 1 atom stereocenters. The highest BCUT2D eigenvalue weighted by molar-refractivity contribution is 7.15. The average Bonchev–Trinajstić information content (AvgIpc) is 1.90. The number of benzene rings is 1. The lowest BCUT2D eigenvalue weighted by Gasteiger charge is -1.88. The molecule has 8 heavy (non-hydrogen) atoms. The second-order valence-electron chi connectivity index (χ2n) is 1.55. The molecule has 0 nitrogen and oxygen atoms in total. The molecule has 1 aromatic carbocycles. The zero-order chi connectivity index (χ0) is 5.82. The van der Waals surface area contributed by atoms with Gasteiger partial charge in [-0.2, -0.15) is 0 Å². The van der Waals surface area contributed by atoms with Crippen molar-refractivity contribution in [3.05, 3.63) is 35.9 Å². The summed E-state index contributed by atoms with van der Waals surface area (Å²) in [6.45, 7) is 0. The van der Waals surface area contributed by atoms with Crippen LogP contribution in [0.4, 0.5) is 0 Å². The predicted octanol–water partition coefficient (Wildman–Crippen LogP) is 1.66. The molecule has 0 aromatic heterocycles. The quantitative estimate of drug-likeness (QED) is 0.497. The van der Waals surface area contributed by atoms with Crippen LogP contribution in [-0.4, -0.2) is 0 Å². The van der Waals surface area contributed by atoms with Gasteiger partial charge >= 0.3 is 0 Å². The van der Waals surface area contributed by atoms with Crippen molar-refractivity contribution in [2.24, 2.45) is 0 Å². The fourth-order valence-corrected chi connectivity index (χ4v) is 0.760. The van der Waals surface area contributed by atoms with Gasteiger partial charge in [0.15, 0.2) is 0 Å². The van der Waals surface area contributed by atoms with Crippen LogP contribution in [0.25, 0.3) is 0 Å². The Morgan fingerprint density at radius 3 is 2.75 bits per heavy atom. The van der Waals surface area contributed by atoms with Crippen molar-refractivity contribution in [2.75, 3.05) is 0 Å². The zero-order valence-electron chi connectivity index (χ0n) is 4.52. The Hall–Kier alpha value is -0.350. The Morgan fingerprint density at radius 2 is 2.38 bits per heavy atom. The molecular weight excluding hydrogens is 115 g/mol. The first-order chi connectivity index (χ1) is 3.93. The predicted molar refractivity (Wildman–Crippen MR) is 37.5 cm³/mol. The van der Waals surface area contributed by atoms with Crippen molar-refractivity contribution < 1.29 is 0 Å². The molecule has 0 N–H and O–H groups in total. The van der Waals surface area contributed by atoms with E-state index in [-0.39, 0.29) is 0 Å². The molecule has 1 heteroatoms. The van der Waals surface area contributed by atoms with Crippen LogP contribution >= 0.6 is 9.24 Å². The molecule has 0 bridgehead atoms. The van der Waals surface area contributed by atoms with E-state index in [4.69, 9.17) is 0 Å². The molecule has 0 aliphatic rings. The maximum absolute atomic E-state index is 2.87. The maximum Gasteiger partial charge on any atom is -0.00960 e. The van der Waals surface area contributed by atoms with Crippen LogP contribution in [0, 0.1) is 12.1 Å². The molecule has 0 saturated heterocycles. The highest BCUT2D eigenvalue weighted by atomic mass is 31.0. The van der Waals surface area contributed by atoms with Crippen LogP contribution in [0.3, 0.4) is 0 Å². The van der Waals surface area contributed by atoms with Gasteiger partial charge < -0.3 is 0 Å². The number of hydrogen-bond donors (Lipinski definition) is 0. The molecule has 0 aliphatic heterocycles. The molecule has 0 saturated carbocycles. The number of rotatable bonds is 1. The summed E-state index contributed by atoms with van der Waals surface area (Å²) in [5.74, 6) is 0. The van der Waals surface area contributed by atoms with Gasteiger partial charge in [0, 0.05) is 0 Å². The van der Waals surface area contributed by atoms with Gasteiger partial charge in [-0.05, 0) is 23.9 Å². The van der Waals surface area contributed by atoms with E-state index in [0.29, 0.717) is 0 Å². The first-order valence-corrected chi connectivity index (χ1v) is 3.32. The molecule has 40 valence electrons. The molecule has 0 amide bonds. The third-order valence-corrected chi connectivity index (χ3v) is 1.43. The lowest BCUT2D eigenvalue weighted by atomic mass is 10.2. The largest absolute Gasteiger partial charge is 0.133 e. The monoisotopic (exact) mass is 122 g/mol. The highest BCUT2D eigenvalue weighted by Crippen LogP contribution is 2.01. The lowest BCUT2D eigenvalue weighted by Crippen LogP contribution is -1.71. The van der Waals surface area contributed by atoms with E-state index in [0.717, 1.165) is 6.16 Å². The normalized spacial score (nSPS) is 9.12. The molecular formula is C7H7P. The molecule has 0 heterocycles. The lowest BCUT2D eigenvalue weighted by molar-refractivity contribution is 1.41. The van der Waals surface area contributed by atoms with Gasteiger partial charge in [0.2, 0.25) is 0 Å². The first-order valence-electron chi connectivity index (χ1n) is 2.50. The van der Waals surface area contributed by atoms with E-state index in [1.807, 2.05) is 18.2 Å². The standard InChI is InChI=1S/C7H7P/c8-6-7-4-2-1-3-5-7/h2,4-5H,6,8H2. The number of hydrogen-bond acceptors (Lipinski definition) is 0. The van der Waals surface area contributed by atoms with Crippen LogP contribution in [0.15, 0.2) is 18.2 Å². The Labute approximate surface area is 52.1 Å². The van der Waals surface area contributed by atoms with E-state index in [9.17, 15) is 0 Å². The van der Waals surface area contributed by atoms with Gasteiger partial charge in [-0.15, -0.1) is 9.24 Å². The Morgan fingerprint density at radius 1 is 1.50 bits per heavy atom. The minimum atomic E-state index is 1.01. The van der Waals surface area contributed by atoms with E-state index < -0.39 is 0 Å². The molecule has 0 spiro atoms. The molecule has 1 aromatic rings. The Bertz CT molecular complexity index is 146. The summed E-state index contributed by atoms with van der Waals surface area (Å²) in [7, 11) is 2.66. The molecule has 2 radical (unpaired) electrons. The van der Waals surface area contributed by atoms with Gasteiger partial charge in [-0.1, -0.05) is 18.2 Å². The van der Waals surface area contributed by atoms with Gasteiger partial charge in [0.25, 0.3) is 0 Å². The van der Waals surface area contributed by atoms with E-state index in [1.54, 1.807) is 0 Å². The summed E-state index contributed by atoms with van der Waals surface area (Å²) in [6, 6.07) is 11.5. The molecule has 0 fully saturated rings. The fourth-order valence-electron chi connectivity index (χ4n) is 0.506. The first kappa shape index (κ1) is 5.78. The summed E-state index contributed by atoms with van der Waals surface area (Å²) in [5.41, 5.74) is 1.29. The summed E-state index contributed by atoms with van der Waals surface area (Å²) in [5, 5.41) is 0. The third kappa shape index (κ3) is 1.31. The van der Waals surface area contributed by atoms with E-state index in [1.165, 1.54) is 5.56 Å². The van der Waals surface area contributed by atoms with Crippen molar-refractivity contribution in [2.45, 2.75) is 6.16 Å². The van der Waals surface area contributed by atoms with Crippen molar-refractivity contribution in [3.63, 3.8) is 0 Å². The van der Waals surface area contributed by atoms with Crippen LogP contribution < -0.4 is 0 Å². The second kappa shape index (κ2) is 2.84. The summed E-state index contributed by atoms with van der Waals surface area (Å²) >= 11 is 0. The SMILES string of the molecule is PCc1c[c][c]cc1. The van der Waals surface area contributed by atoms with Crippen LogP contribution in [0.1, 0.15) is 5.56 Å². The topological polar surface area (TPSA) is 0 Å². The van der Waals surface area contributed by atoms with Crippen LogP contribution in [-0.2, 0) is 6.16 Å². The molecule has 0 aliphatic carbocycles. The minimum absolute atomic E-state index is 1.01. The van der Waals surface area contributed by atoms with Crippen LogP contribution in [0.5, 0.6) is 0 Å². The van der Waals surface area contributed by atoms with Crippen molar-refractivity contribution in [3.8, 4) is 0 Å². The second-order valence-corrected chi connectivity index (χ2v) is 1.95. The van der Waals surface area contributed by atoms with Gasteiger partial charge in [-0.3, -0.25) is 0 Å². The minimum Gasteiger partial charge on any atom is -0.133 e. The Kier molecular flexibility index (Phi) is 2.05. The smallest absolute Gasteiger partial charge is 0.00960 e. The van der Waals surface area contributed by atoms with Gasteiger partial charge in [-0.25, -0.2) is 0 Å². The zero-order valence-corrected chi connectivity index (χ0v) is 5.67. The summed E-state index contributed by atoms with van der Waals surface area (Å²) in [4.78, 5) is 0. The van der Waals surface area contributed by atoms with E-state index >= 15 is 0 Å².